The first kappa shape index (κ1) is 12.8. The van der Waals surface area contributed by atoms with Crippen LogP contribution in [0.25, 0.3) is 11.0 Å². The molecule has 0 radical (unpaired) electrons. The van der Waals surface area contributed by atoms with Crippen LogP contribution in [0.1, 0.15) is 0 Å². The van der Waals surface area contributed by atoms with Gasteiger partial charge in [-0.1, -0.05) is 0 Å². The fraction of sp³-hybridized carbons (Fsp3) is 0.500. The standard InChI is InChI=1S/C12H19N5O/c1-17-9-16-11-10(17)3-4-14-12(11)15-6-5-13-7-8-18-2/h3-4,9,13H,5-8H2,1-2H3,(H,14,15). The number of nitrogens with one attached hydrogen (secondary N) is 2. The minimum Gasteiger partial charge on any atom is -0.383 e. The van der Waals surface area contributed by atoms with Crippen molar-refractivity contribution in [3.05, 3.63) is 18.6 Å². The van der Waals surface area contributed by atoms with E-state index in [0.717, 1.165) is 43.1 Å². The second kappa shape index (κ2) is 6.32. The lowest BCUT2D eigenvalue weighted by atomic mass is 10.3. The summed E-state index contributed by atoms with van der Waals surface area (Å²) in [5.41, 5.74) is 2.00. The minimum absolute atomic E-state index is 0.730. The molecule has 0 spiro atoms. The van der Waals surface area contributed by atoms with Crippen molar-refractivity contribution in [3.63, 3.8) is 0 Å². The van der Waals surface area contributed by atoms with E-state index in [-0.39, 0.29) is 0 Å². The highest BCUT2D eigenvalue weighted by Crippen LogP contribution is 2.17. The normalized spacial score (nSPS) is 11.0. The first-order valence-electron chi connectivity index (χ1n) is 6.02. The lowest BCUT2D eigenvalue weighted by molar-refractivity contribution is 0.200. The van der Waals surface area contributed by atoms with E-state index in [1.165, 1.54) is 0 Å². The molecule has 2 N–H and O–H groups in total. The van der Waals surface area contributed by atoms with Gasteiger partial charge in [-0.3, -0.25) is 0 Å². The number of methoxy groups -OCH3 is 1. The van der Waals surface area contributed by atoms with Crippen LogP contribution in [0.3, 0.4) is 0 Å². The summed E-state index contributed by atoms with van der Waals surface area (Å²) in [5, 5.41) is 6.56. The van der Waals surface area contributed by atoms with Gasteiger partial charge in [0.1, 0.15) is 5.52 Å². The second-order valence-electron chi connectivity index (χ2n) is 4.05. The number of imidazole rings is 1. The highest BCUT2D eigenvalue weighted by Gasteiger charge is 2.05. The van der Waals surface area contributed by atoms with Crippen molar-refractivity contribution in [2.45, 2.75) is 0 Å². The van der Waals surface area contributed by atoms with E-state index in [0.29, 0.717) is 0 Å². The van der Waals surface area contributed by atoms with Crippen LogP contribution in [-0.2, 0) is 11.8 Å². The summed E-state index contributed by atoms with van der Waals surface area (Å²) in [6.45, 7) is 3.27. The van der Waals surface area contributed by atoms with Gasteiger partial charge in [0.25, 0.3) is 0 Å². The largest absolute Gasteiger partial charge is 0.383 e. The van der Waals surface area contributed by atoms with E-state index in [2.05, 4.69) is 20.6 Å². The summed E-state index contributed by atoms with van der Waals surface area (Å²) in [5.74, 6) is 0.835. The molecule has 0 aliphatic heterocycles. The van der Waals surface area contributed by atoms with Crippen LogP contribution < -0.4 is 10.6 Å². The van der Waals surface area contributed by atoms with Crippen LogP contribution in [0.2, 0.25) is 0 Å². The topological polar surface area (TPSA) is 64.0 Å². The monoisotopic (exact) mass is 249 g/mol. The maximum atomic E-state index is 4.96. The van der Waals surface area contributed by atoms with Crippen LogP contribution in [0.5, 0.6) is 0 Å². The third kappa shape index (κ3) is 2.96. The predicted octanol–water partition coefficient (Wildman–Crippen LogP) is 0.616. The summed E-state index contributed by atoms with van der Waals surface area (Å²) < 4.78 is 6.94. The number of hydrogen-bond donors (Lipinski definition) is 2. The van der Waals surface area contributed by atoms with Gasteiger partial charge in [0.05, 0.1) is 18.5 Å². The molecule has 0 amide bonds. The molecule has 0 atom stereocenters. The average Bonchev–Trinajstić information content (AvgIpc) is 2.77. The first-order valence-corrected chi connectivity index (χ1v) is 6.02. The van der Waals surface area contributed by atoms with Gasteiger partial charge in [0.2, 0.25) is 0 Å². The third-order valence-corrected chi connectivity index (χ3v) is 2.72. The summed E-state index contributed by atoms with van der Waals surface area (Å²) >= 11 is 0. The molecule has 0 aliphatic carbocycles. The van der Waals surface area contributed by atoms with Crippen molar-refractivity contribution in [2.24, 2.45) is 7.05 Å². The predicted molar refractivity (Wildman–Crippen MR) is 71.7 cm³/mol. The van der Waals surface area contributed by atoms with Crippen molar-refractivity contribution < 1.29 is 4.74 Å². The summed E-state index contributed by atoms with van der Waals surface area (Å²) in [6, 6.07) is 1.96. The SMILES string of the molecule is COCCNCCNc1nccc2c1ncn2C. The number of aryl methyl sites for hydroxylation is 1. The highest BCUT2D eigenvalue weighted by atomic mass is 16.5. The van der Waals surface area contributed by atoms with Crippen LogP contribution in [0.4, 0.5) is 5.82 Å². The Hall–Kier alpha value is -1.66. The van der Waals surface area contributed by atoms with Crippen LogP contribution in [-0.4, -0.2) is 47.9 Å². The van der Waals surface area contributed by atoms with Crippen LogP contribution in [0, 0.1) is 0 Å². The second-order valence-corrected chi connectivity index (χ2v) is 4.05. The van der Waals surface area contributed by atoms with Crippen LogP contribution >= 0.6 is 0 Å². The molecule has 2 aromatic rings. The van der Waals surface area contributed by atoms with Gasteiger partial charge in [-0.2, -0.15) is 0 Å². The summed E-state index contributed by atoms with van der Waals surface area (Å²) in [7, 11) is 3.68. The fourth-order valence-electron chi connectivity index (χ4n) is 1.76. The smallest absolute Gasteiger partial charge is 0.154 e. The molecule has 2 aromatic heterocycles. The molecule has 0 aromatic carbocycles. The first-order chi connectivity index (χ1) is 8.83. The fourth-order valence-corrected chi connectivity index (χ4v) is 1.76. The molecule has 0 saturated carbocycles. The Labute approximate surface area is 106 Å². The quantitative estimate of drug-likeness (QED) is 0.704. The summed E-state index contributed by atoms with van der Waals surface area (Å²) in [6.07, 6.45) is 3.60. The molecule has 0 saturated heterocycles. The van der Waals surface area contributed by atoms with Crippen molar-refractivity contribution in [1.29, 1.82) is 0 Å². The lowest BCUT2D eigenvalue weighted by Crippen LogP contribution is -2.25. The highest BCUT2D eigenvalue weighted by molar-refractivity contribution is 5.85. The average molecular weight is 249 g/mol. The third-order valence-electron chi connectivity index (χ3n) is 2.72. The number of hydrogen-bond acceptors (Lipinski definition) is 5. The van der Waals surface area contributed by atoms with Gasteiger partial charge in [-0.05, 0) is 6.07 Å². The Balaban J connectivity index is 1.88. The molecular weight excluding hydrogens is 230 g/mol. The molecule has 2 heterocycles. The Kier molecular flexibility index (Phi) is 4.49. The van der Waals surface area contributed by atoms with Gasteiger partial charge in [-0.25, -0.2) is 9.97 Å². The molecule has 2 rings (SSSR count). The molecule has 6 nitrogen and oxygen atoms in total. The minimum atomic E-state index is 0.730. The van der Waals surface area contributed by atoms with E-state index in [1.807, 2.05) is 17.7 Å². The Morgan fingerprint density at radius 2 is 2.17 bits per heavy atom. The molecule has 18 heavy (non-hydrogen) atoms. The lowest BCUT2D eigenvalue weighted by Gasteiger charge is -2.07. The van der Waals surface area contributed by atoms with Crippen molar-refractivity contribution >= 4 is 16.9 Å². The number of pyridine rings is 1. The van der Waals surface area contributed by atoms with E-state index in [4.69, 9.17) is 4.74 Å². The molecule has 0 aliphatic rings. The number of rotatable bonds is 7. The number of nitrogens with zero attached hydrogens (tertiary/aromatic N) is 3. The van der Waals surface area contributed by atoms with Crippen molar-refractivity contribution in [1.82, 2.24) is 19.9 Å². The maximum absolute atomic E-state index is 4.96. The molecule has 0 unspecified atom stereocenters. The Morgan fingerprint density at radius 1 is 1.28 bits per heavy atom. The van der Waals surface area contributed by atoms with E-state index >= 15 is 0 Å². The Bertz CT molecular complexity index is 496. The van der Waals surface area contributed by atoms with Gasteiger partial charge >= 0.3 is 0 Å². The molecule has 0 fully saturated rings. The van der Waals surface area contributed by atoms with E-state index in [1.54, 1.807) is 19.6 Å². The van der Waals surface area contributed by atoms with Gasteiger partial charge in [0, 0.05) is 40.0 Å². The zero-order valence-corrected chi connectivity index (χ0v) is 10.8. The number of aromatic nitrogens is 3. The van der Waals surface area contributed by atoms with Gasteiger partial charge < -0.3 is 19.9 Å². The van der Waals surface area contributed by atoms with Crippen LogP contribution in [0.15, 0.2) is 18.6 Å². The van der Waals surface area contributed by atoms with Crippen molar-refractivity contribution in [2.75, 3.05) is 38.7 Å². The zero-order valence-electron chi connectivity index (χ0n) is 10.8. The molecule has 0 bridgehead atoms. The van der Waals surface area contributed by atoms with E-state index in [9.17, 15) is 0 Å². The molecular formula is C12H19N5O. The zero-order chi connectivity index (χ0) is 12.8. The van der Waals surface area contributed by atoms with Gasteiger partial charge in [-0.15, -0.1) is 0 Å². The van der Waals surface area contributed by atoms with Crippen molar-refractivity contribution in [3.8, 4) is 0 Å². The van der Waals surface area contributed by atoms with E-state index < -0.39 is 0 Å². The summed E-state index contributed by atoms with van der Waals surface area (Å²) in [4.78, 5) is 8.66. The maximum Gasteiger partial charge on any atom is 0.154 e. The molecule has 98 valence electrons. The van der Waals surface area contributed by atoms with Gasteiger partial charge in [0.15, 0.2) is 5.82 Å². The molecule has 6 heteroatoms. The number of ether oxygens (including phenoxy) is 1. The number of anilines is 1. The number of fused-ring (bicyclic) bond motifs is 1. The Morgan fingerprint density at radius 3 is 3.00 bits per heavy atom.